The Labute approximate surface area is 165 Å². The lowest BCUT2D eigenvalue weighted by Crippen LogP contribution is -2.53. The number of amides is 3. The molecule has 29 heavy (non-hydrogen) atoms. The van der Waals surface area contributed by atoms with Crippen molar-refractivity contribution >= 4 is 23.6 Å². The molecule has 1 aromatic rings. The van der Waals surface area contributed by atoms with Gasteiger partial charge in [0.1, 0.15) is 12.1 Å². The largest absolute Gasteiger partial charge is 0.464 e. The predicted molar refractivity (Wildman–Crippen MR) is 97.6 cm³/mol. The van der Waals surface area contributed by atoms with Gasteiger partial charge in [-0.3, -0.25) is 15.6 Å². The Hall–Kier alpha value is -2.98. The molecular weight excluding hydrogens is 393 g/mol. The molecular formula is C18H23F3N4O4. The number of nitrogens with zero attached hydrogens (tertiary/aromatic N) is 1. The standard InChI is InChI=1S/C18H23F3N4O4/c1-3-29-16(27)11(2)22-17(28)25-9-5-8-14(25)15(26)24-23-13-7-4-6-12(10-13)18(19,20)21/h4,6-7,10-11,14,23H,3,5,8-9H2,1-2H3,(H,22,28)(H,24,26)/t11-,14?/m0/s1. The summed E-state index contributed by atoms with van der Waals surface area (Å²) in [6, 6.07) is 2.07. The van der Waals surface area contributed by atoms with Gasteiger partial charge < -0.3 is 15.0 Å². The van der Waals surface area contributed by atoms with Crippen molar-refractivity contribution in [1.29, 1.82) is 0 Å². The first kappa shape index (κ1) is 22.3. The van der Waals surface area contributed by atoms with Crippen LogP contribution in [0, 0.1) is 0 Å². The Morgan fingerprint density at radius 3 is 2.69 bits per heavy atom. The third-order valence-corrected chi connectivity index (χ3v) is 4.32. The number of nitrogens with one attached hydrogen (secondary N) is 3. The summed E-state index contributed by atoms with van der Waals surface area (Å²) in [4.78, 5) is 37.7. The van der Waals surface area contributed by atoms with Crippen molar-refractivity contribution < 1.29 is 32.3 Å². The van der Waals surface area contributed by atoms with Crippen LogP contribution in [0.5, 0.6) is 0 Å². The number of hydrazine groups is 1. The fourth-order valence-corrected chi connectivity index (χ4v) is 2.87. The number of hydrogen-bond acceptors (Lipinski definition) is 5. The maximum atomic E-state index is 12.8. The van der Waals surface area contributed by atoms with Gasteiger partial charge in [0.25, 0.3) is 5.91 Å². The number of esters is 1. The topological polar surface area (TPSA) is 99.8 Å². The lowest BCUT2D eigenvalue weighted by Gasteiger charge is -2.25. The molecule has 1 aliphatic heterocycles. The van der Waals surface area contributed by atoms with Gasteiger partial charge in [-0.05, 0) is 44.9 Å². The summed E-state index contributed by atoms with van der Waals surface area (Å²) in [7, 11) is 0. The molecule has 3 N–H and O–H groups in total. The van der Waals surface area contributed by atoms with Gasteiger partial charge in [-0.25, -0.2) is 9.59 Å². The predicted octanol–water partition coefficient (Wildman–Crippen LogP) is 2.27. The smallest absolute Gasteiger partial charge is 0.416 e. The molecule has 0 saturated carbocycles. The molecule has 0 bridgehead atoms. The van der Waals surface area contributed by atoms with Crippen LogP contribution in [0.3, 0.4) is 0 Å². The minimum absolute atomic E-state index is 0.0538. The van der Waals surface area contributed by atoms with Gasteiger partial charge in [0.05, 0.1) is 17.9 Å². The zero-order chi connectivity index (χ0) is 21.6. The van der Waals surface area contributed by atoms with Gasteiger partial charge in [-0.2, -0.15) is 13.2 Å². The SMILES string of the molecule is CCOC(=O)[C@H](C)NC(=O)N1CCCC1C(=O)NNc1cccc(C(F)(F)F)c1. The highest BCUT2D eigenvalue weighted by Gasteiger charge is 2.35. The Morgan fingerprint density at radius 1 is 1.31 bits per heavy atom. The number of alkyl halides is 3. The zero-order valence-corrected chi connectivity index (χ0v) is 16.0. The van der Waals surface area contributed by atoms with Crippen LogP contribution in [0.4, 0.5) is 23.7 Å². The van der Waals surface area contributed by atoms with Crippen LogP contribution in [-0.2, 0) is 20.5 Å². The molecule has 0 aromatic heterocycles. The third kappa shape index (κ3) is 6.00. The van der Waals surface area contributed by atoms with Crippen LogP contribution >= 0.6 is 0 Å². The van der Waals surface area contributed by atoms with E-state index in [9.17, 15) is 27.6 Å². The fourth-order valence-electron chi connectivity index (χ4n) is 2.87. The highest BCUT2D eigenvalue weighted by molar-refractivity contribution is 5.90. The molecule has 1 aromatic carbocycles. The normalized spacial score (nSPS) is 17.4. The number of halogens is 3. The van der Waals surface area contributed by atoms with E-state index < -0.39 is 41.7 Å². The number of benzene rings is 1. The summed E-state index contributed by atoms with van der Waals surface area (Å²) in [6.45, 7) is 3.60. The summed E-state index contributed by atoms with van der Waals surface area (Å²) in [5.41, 5.74) is 3.97. The first-order valence-corrected chi connectivity index (χ1v) is 9.10. The van der Waals surface area contributed by atoms with Crippen molar-refractivity contribution in [1.82, 2.24) is 15.6 Å². The van der Waals surface area contributed by atoms with Gasteiger partial charge in [0, 0.05) is 6.54 Å². The molecule has 1 unspecified atom stereocenters. The minimum atomic E-state index is -4.50. The molecule has 0 radical (unpaired) electrons. The van der Waals surface area contributed by atoms with Crippen LogP contribution < -0.4 is 16.2 Å². The van der Waals surface area contributed by atoms with Gasteiger partial charge in [-0.1, -0.05) is 6.07 Å². The lowest BCUT2D eigenvalue weighted by atomic mass is 10.2. The second-order valence-electron chi connectivity index (χ2n) is 6.47. The summed E-state index contributed by atoms with van der Waals surface area (Å²) < 4.78 is 43.1. The Bertz CT molecular complexity index is 757. The van der Waals surface area contributed by atoms with Crippen LogP contribution in [0.1, 0.15) is 32.3 Å². The Kier molecular flexibility index (Phi) is 7.29. The number of ether oxygens (including phenoxy) is 1. The second kappa shape index (κ2) is 9.48. The average molecular weight is 416 g/mol. The van der Waals surface area contributed by atoms with E-state index in [1.165, 1.54) is 24.0 Å². The van der Waals surface area contributed by atoms with Gasteiger partial charge in [0.2, 0.25) is 0 Å². The van der Waals surface area contributed by atoms with Crippen molar-refractivity contribution in [3.8, 4) is 0 Å². The first-order chi connectivity index (χ1) is 13.6. The van der Waals surface area contributed by atoms with Gasteiger partial charge in [-0.15, -0.1) is 0 Å². The van der Waals surface area contributed by atoms with Crippen LogP contribution in [0.25, 0.3) is 0 Å². The lowest BCUT2D eigenvalue weighted by molar-refractivity contribution is -0.145. The minimum Gasteiger partial charge on any atom is -0.464 e. The highest BCUT2D eigenvalue weighted by Crippen LogP contribution is 2.30. The number of rotatable bonds is 6. The van der Waals surface area contributed by atoms with E-state index in [0.717, 1.165) is 12.1 Å². The van der Waals surface area contributed by atoms with Crippen molar-refractivity contribution in [3.63, 3.8) is 0 Å². The van der Waals surface area contributed by atoms with E-state index in [-0.39, 0.29) is 12.3 Å². The fraction of sp³-hybridized carbons (Fsp3) is 0.500. The molecule has 3 amide bonds. The maximum Gasteiger partial charge on any atom is 0.416 e. The van der Waals surface area contributed by atoms with Gasteiger partial charge in [0.15, 0.2) is 0 Å². The Morgan fingerprint density at radius 2 is 2.03 bits per heavy atom. The van der Waals surface area contributed by atoms with Crippen LogP contribution in [0.2, 0.25) is 0 Å². The molecule has 0 spiro atoms. The van der Waals surface area contributed by atoms with Crippen LogP contribution in [-0.4, -0.2) is 48.0 Å². The molecule has 0 aliphatic carbocycles. The number of hydrogen-bond donors (Lipinski definition) is 3. The number of carbonyl (C=O) groups is 3. The number of urea groups is 1. The molecule has 8 nitrogen and oxygen atoms in total. The maximum absolute atomic E-state index is 12.8. The molecule has 1 fully saturated rings. The molecule has 1 saturated heterocycles. The molecule has 160 valence electrons. The molecule has 2 atom stereocenters. The van der Waals surface area contributed by atoms with Crippen molar-refractivity contribution in [3.05, 3.63) is 29.8 Å². The summed E-state index contributed by atoms with van der Waals surface area (Å²) in [5, 5.41) is 2.48. The van der Waals surface area contributed by atoms with E-state index in [1.807, 2.05) is 0 Å². The van der Waals surface area contributed by atoms with Crippen molar-refractivity contribution in [2.24, 2.45) is 0 Å². The molecule has 1 heterocycles. The van der Waals surface area contributed by atoms with Crippen LogP contribution in [0.15, 0.2) is 24.3 Å². The number of anilines is 1. The van der Waals surface area contributed by atoms with E-state index in [4.69, 9.17) is 4.74 Å². The zero-order valence-electron chi connectivity index (χ0n) is 16.0. The average Bonchev–Trinajstić information content (AvgIpc) is 3.16. The third-order valence-electron chi connectivity index (χ3n) is 4.32. The molecule has 11 heteroatoms. The first-order valence-electron chi connectivity index (χ1n) is 9.10. The molecule has 1 aliphatic rings. The van der Waals surface area contributed by atoms with E-state index in [2.05, 4.69) is 16.2 Å². The highest BCUT2D eigenvalue weighted by atomic mass is 19.4. The molecule has 2 rings (SSSR count). The summed E-state index contributed by atoms with van der Waals surface area (Å²) >= 11 is 0. The summed E-state index contributed by atoms with van der Waals surface area (Å²) in [6.07, 6.45) is -3.54. The quantitative estimate of drug-likeness (QED) is 0.488. The second-order valence-corrected chi connectivity index (χ2v) is 6.47. The van der Waals surface area contributed by atoms with E-state index in [0.29, 0.717) is 19.4 Å². The van der Waals surface area contributed by atoms with E-state index >= 15 is 0 Å². The van der Waals surface area contributed by atoms with Crippen molar-refractivity contribution in [2.45, 2.75) is 44.9 Å². The van der Waals surface area contributed by atoms with Gasteiger partial charge >= 0.3 is 18.2 Å². The van der Waals surface area contributed by atoms with Crippen molar-refractivity contribution in [2.75, 3.05) is 18.6 Å². The summed E-state index contributed by atoms with van der Waals surface area (Å²) in [5.74, 6) is -1.16. The number of likely N-dealkylation sites (tertiary alicyclic amines) is 1. The Balaban J connectivity index is 1.94. The monoisotopic (exact) mass is 416 g/mol. The number of carbonyl (C=O) groups excluding carboxylic acids is 3. The van der Waals surface area contributed by atoms with E-state index in [1.54, 1.807) is 6.92 Å².